The van der Waals surface area contributed by atoms with E-state index in [0.29, 0.717) is 5.75 Å². The topological polar surface area (TPSA) is 97.0 Å². The minimum absolute atomic E-state index is 0.0721. The number of nitrogens with zero attached hydrogens (tertiary/aromatic N) is 2. The van der Waals surface area contributed by atoms with Crippen molar-refractivity contribution in [3.63, 3.8) is 0 Å². The van der Waals surface area contributed by atoms with E-state index in [9.17, 15) is 14.0 Å². The van der Waals surface area contributed by atoms with Gasteiger partial charge in [-0.05, 0) is 30.5 Å². The molecule has 0 aliphatic carbocycles. The molecule has 1 aromatic carbocycles. The van der Waals surface area contributed by atoms with E-state index in [0.717, 1.165) is 17.2 Å². The third-order valence-electron chi connectivity index (χ3n) is 3.28. The molecule has 0 spiro atoms. The number of carbonyl (C=O) groups is 1. The Labute approximate surface area is 151 Å². The van der Waals surface area contributed by atoms with Crippen LogP contribution in [-0.2, 0) is 0 Å². The van der Waals surface area contributed by atoms with Crippen LogP contribution in [0, 0.1) is 5.82 Å². The fourth-order valence-corrected chi connectivity index (χ4v) is 2.52. The summed E-state index contributed by atoms with van der Waals surface area (Å²) in [7, 11) is 0. The average molecular weight is 372 g/mol. The Morgan fingerprint density at radius 3 is 2.92 bits per heavy atom. The van der Waals surface area contributed by atoms with Crippen LogP contribution in [0.25, 0.3) is 0 Å². The van der Waals surface area contributed by atoms with Crippen LogP contribution in [-0.4, -0.2) is 27.1 Å². The van der Waals surface area contributed by atoms with Gasteiger partial charge in [-0.15, -0.1) is 11.8 Å². The third-order valence-corrected chi connectivity index (χ3v) is 4.01. The predicted octanol–water partition coefficient (Wildman–Crippen LogP) is 3.07. The van der Waals surface area contributed by atoms with Crippen molar-refractivity contribution in [1.29, 1.82) is 0 Å². The number of aromatic nitrogens is 3. The Kier molecular flexibility index (Phi) is 5.28. The van der Waals surface area contributed by atoms with E-state index >= 15 is 0 Å². The lowest BCUT2D eigenvalue weighted by Crippen LogP contribution is -2.20. The highest BCUT2D eigenvalue weighted by molar-refractivity contribution is 7.98. The van der Waals surface area contributed by atoms with Crippen molar-refractivity contribution >= 4 is 23.4 Å². The quantitative estimate of drug-likeness (QED) is 0.668. The summed E-state index contributed by atoms with van der Waals surface area (Å²) in [6.07, 6.45) is 5.24. The lowest BCUT2D eigenvalue weighted by atomic mass is 10.2. The van der Waals surface area contributed by atoms with E-state index < -0.39 is 17.3 Å². The minimum Gasteiger partial charge on any atom is -0.438 e. The first-order chi connectivity index (χ1) is 12.6. The first-order valence-electron chi connectivity index (χ1n) is 7.38. The number of anilines is 1. The van der Waals surface area contributed by atoms with Crippen LogP contribution in [0.1, 0.15) is 10.4 Å². The van der Waals surface area contributed by atoms with Gasteiger partial charge in [0.1, 0.15) is 22.8 Å². The highest BCUT2D eigenvalue weighted by Crippen LogP contribution is 2.27. The van der Waals surface area contributed by atoms with E-state index in [2.05, 4.69) is 20.3 Å². The number of nitrogens with one attached hydrogen (secondary N) is 2. The summed E-state index contributed by atoms with van der Waals surface area (Å²) in [6, 6.07) is 8.14. The maximum atomic E-state index is 13.6. The van der Waals surface area contributed by atoms with E-state index in [4.69, 9.17) is 4.74 Å². The summed E-state index contributed by atoms with van der Waals surface area (Å²) in [4.78, 5) is 35.0. The molecule has 132 valence electrons. The van der Waals surface area contributed by atoms with Crippen molar-refractivity contribution in [2.45, 2.75) is 4.90 Å². The fraction of sp³-hybridized carbons (Fsp3) is 0.0588. The Hall–Kier alpha value is -3.20. The number of benzene rings is 1. The van der Waals surface area contributed by atoms with Crippen molar-refractivity contribution in [2.24, 2.45) is 0 Å². The SMILES string of the molecule is CSc1cccc(Oc2ncc(F)cc2C(=O)Nc2cnc[nH]c2=O)c1. The number of thioether (sulfide) groups is 1. The van der Waals surface area contributed by atoms with Gasteiger partial charge in [0.05, 0.1) is 18.7 Å². The number of H-pyrrole nitrogens is 1. The summed E-state index contributed by atoms with van der Waals surface area (Å²) in [5.74, 6) is -1.08. The molecule has 0 atom stereocenters. The summed E-state index contributed by atoms with van der Waals surface area (Å²) in [5, 5.41) is 2.37. The molecule has 0 fully saturated rings. The highest BCUT2D eigenvalue weighted by atomic mass is 32.2. The predicted molar refractivity (Wildman–Crippen MR) is 95.3 cm³/mol. The van der Waals surface area contributed by atoms with Crippen molar-refractivity contribution in [2.75, 3.05) is 11.6 Å². The molecule has 26 heavy (non-hydrogen) atoms. The van der Waals surface area contributed by atoms with Crippen molar-refractivity contribution < 1.29 is 13.9 Å². The van der Waals surface area contributed by atoms with Gasteiger partial charge in [-0.25, -0.2) is 14.4 Å². The molecular weight excluding hydrogens is 359 g/mol. The Bertz CT molecular complexity index is 1010. The number of halogens is 1. The number of hydrogen-bond donors (Lipinski definition) is 2. The smallest absolute Gasteiger partial charge is 0.274 e. The third kappa shape index (κ3) is 4.06. The van der Waals surface area contributed by atoms with Crippen LogP contribution in [0.5, 0.6) is 11.6 Å². The molecule has 0 saturated carbocycles. The fourth-order valence-electron chi connectivity index (χ4n) is 2.07. The number of amides is 1. The van der Waals surface area contributed by atoms with Crippen LogP contribution in [0.15, 0.2) is 58.7 Å². The molecule has 0 radical (unpaired) electrons. The van der Waals surface area contributed by atoms with Gasteiger partial charge in [-0.2, -0.15) is 0 Å². The maximum Gasteiger partial charge on any atom is 0.274 e. The first kappa shape index (κ1) is 17.6. The molecule has 1 amide bonds. The lowest BCUT2D eigenvalue weighted by molar-refractivity contribution is 0.102. The molecule has 2 heterocycles. The molecule has 3 rings (SSSR count). The molecule has 0 bridgehead atoms. The highest BCUT2D eigenvalue weighted by Gasteiger charge is 2.18. The van der Waals surface area contributed by atoms with E-state index in [1.807, 2.05) is 12.3 Å². The van der Waals surface area contributed by atoms with Gasteiger partial charge in [0.15, 0.2) is 0 Å². The second-order valence-corrected chi connectivity index (χ2v) is 5.92. The second-order valence-electron chi connectivity index (χ2n) is 5.04. The standard InChI is InChI=1S/C17H13FN4O3S/c1-26-12-4-2-3-11(6-12)25-17-13(5-10(18)7-20-17)15(23)22-14-8-19-9-21-16(14)24/h2-9H,1H3,(H,22,23)(H,19,21,24). The molecule has 2 N–H and O–H groups in total. The van der Waals surface area contributed by atoms with Gasteiger partial charge in [0, 0.05) is 4.90 Å². The average Bonchev–Trinajstić information content (AvgIpc) is 2.65. The summed E-state index contributed by atoms with van der Waals surface area (Å²) in [6.45, 7) is 0. The Morgan fingerprint density at radius 2 is 2.15 bits per heavy atom. The van der Waals surface area contributed by atoms with Gasteiger partial charge in [-0.3, -0.25) is 9.59 Å². The summed E-state index contributed by atoms with van der Waals surface area (Å²) < 4.78 is 19.2. The molecular formula is C17H13FN4O3S. The van der Waals surface area contributed by atoms with Gasteiger partial charge in [-0.1, -0.05) is 6.07 Å². The molecule has 0 aliphatic rings. The lowest BCUT2D eigenvalue weighted by Gasteiger charge is -2.11. The van der Waals surface area contributed by atoms with Crippen LogP contribution in [0.2, 0.25) is 0 Å². The Balaban J connectivity index is 1.91. The molecule has 2 aromatic heterocycles. The van der Waals surface area contributed by atoms with E-state index in [1.165, 1.54) is 24.3 Å². The van der Waals surface area contributed by atoms with Gasteiger partial charge >= 0.3 is 0 Å². The zero-order valence-corrected chi connectivity index (χ0v) is 14.3. The van der Waals surface area contributed by atoms with Crippen LogP contribution in [0.3, 0.4) is 0 Å². The van der Waals surface area contributed by atoms with Crippen LogP contribution >= 0.6 is 11.8 Å². The van der Waals surface area contributed by atoms with Gasteiger partial charge < -0.3 is 15.0 Å². The van der Waals surface area contributed by atoms with Crippen molar-refractivity contribution in [3.05, 3.63) is 70.8 Å². The monoisotopic (exact) mass is 372 g/mol. The van der Waals surface area contributed by atoms with Crippen molar-refractivity contribution in [3.8, 4) is 11.6 Å². The number of aromatic amines is 1. The number of ether oxygens (including phenoxy) is 1. The number of rotatable bonds is 5. The molecule has 0 saturated heterocycles. The molecule has 9 heteroatoms. The number of carbonyl (C=O) groups excluding carboxylic acids is 1. The minimum atomic E-state index is -0.744. The zero-order chi connectivity index (χ0) is 18.5. The number of hydrogen-bond acceptors (Lipinski definition) is 6. The summed E-state index contributed by atoms with van der Waals surface area (Å²) in [5.41, 5.74) is -0.757. The van der Waals surface area contributed by atoms with Crippen molar-refractivity contribution in [1.82, 2.24) is 15.0 Å². The first-order valence-corrected chi connectivity index (χ1v) is 8.61. The van der Waals surface area contributed by atoms with E-state index in [-0.39, 0.29) is 17.1 Å². The van der Waals surface area contributed by atoms with Crippen LogP contribution in [0.4, 0.5) is 10.1 Å². The van der Waals surface area contributed by atoms with Gasteiger partial charge in [0.2, 0.25) is 5.88 Å². The molecule has 0 aliphatic heterocycles. The van der Waals surface area contributed by atoms with Crippen LogP contribution < -0.4 is 15.6 Å². The maximum absolute atomic E-state index is 13.6. The Morgan fingerprint density at radius 1 is 1.31 bits per heavy atom. The van der Waals surface area contributed by atoms with Gasteiger partial charge in [0.25, 0.3) is 11.5 Å². The summed E-state index contributed by atoms with van der Waals surface area (Å²) >= 11 is 1.53. The second kappa shape index (κ2) is 7.79. The largest absolute Gasteiger partial charge is 0.438 e. The zero-order valence-electron chi connectivity index (χ0n) is 13.5. The molecule has 3 aromatic rings. The van der Waals surface area contributed by atoms with E-state index in [1.54, 1.807) is 18.2 Å². The molecule has 0 unspecified atom stereocenters. The normalized spacial score (nSPS) is 10.4. The number of pyridine rings is 1. The molecule has 7 nitrogen and oxygen atoms in total.